The number of nitrogens with two attached hydrogens (primary N) is 1. The van der Waals surface area contributed by atoms with Crippen LogP contribution in [0.5, 0.6) is 5.75 Å². The van der Waals surface area contributed by atoms with Gasteiger partial charge in [0.05, 0.1) is 5.75 Å². The first-order chi connectivity index (χ1) is 8.28. The molecule has 7 heteroatoms. The summed E-state index contributed by atoms with van der Waals surface area (Å²) >= 11 is 0. The predicted molar refractivity (Wildman–Crippen MR) is 64.3 cm³/mol. The lowest BCUT2D eigenvalue weighted by molar-refractivity contribution is -0.0499. The topological polar surface area (TPSA) is 69.4 Å². The molecule has 1 rings (SSSR count). The molecule has 18 heavy (non-hydrogen) atoms. The minimum absolute atomic E-state index is 0.0114. The number of halogens is 2. The normalized spacial score (nSPS) is 13.6. The third-order valence-corrected chi connectivity index (χ3v) is 3.29. The molecule has 0 aliphatic rings. The van der Waals surface area contributed by atoms with Crippen molar-refractivity contribution < 1.29 is 21.9 Å². The molecule has 1 unspecified atom stereocenters. The maximum absolute atomic E-state index is 12.0. The van der Waals surface area contributed by atoms with E-state index in [0.717, 1.165) is 6.26 Å². The van der Waals surface area contributed by atoms with Gasteiger partial charge in [-0.1, -0.05) is 12.1 Å². The number of ether oxygens (including phenoxy) is 1. The number of hydrogen-bond donors (Lipinski definition) is 1. The van der Waals surface area contributed by atoms with Crippen LogP contribution >= 0.6 is 0 Å². The van der Waals surface area contributed by atoms with Gasteiger partial charge in [0.1, 0.15) is 15.6 Å². The zero-order chi connectivity index (χ0) is 13.8. The highest BCUT2D eigenvalue weighted by Crippen LogP contribution is 2.21. The van der Waals surface area contributed by atoms with Crippen molar-refractivity contribution in [3.8, 4) is 5.75 Å². The molecule has 4 nitrogen and oxygen atoms in total. The molecule has 2 N–H and O–H groups in total. The van der Waals surface area contributed by atoms with Gasteiger partial charge in [0.2, 0.25) is 0 Å². The van der Waals surface area contributed by atoms with E-state index in [1.165, 1.54) is 18.2 Å². The molecule has 0 heterocycles. The summed E-state index contributed by atoms with van der Waals surface area (Å²) in [6.45, 7) is -2.90. The Morgan fingerprint density at radius 1 is 1.39 bits per heavy atom. The van der Waals surface area contributed by atoms with Gasteiger partial charge in [-0.25, -0.2) is 8.42 Å². The SMILES string of the molecule is CS(=O)(=O)CCC(N)c1cccc(OC(F)F)c1. The van der Waals surface area contributed by atoms with Crippen molar-refractivity contribution in [2.45, 2.75) is 19.1 Å². The zero-order valence-corrected chi connectivity index (χ0v) is 10.7. The first-order valence-electron chi connectivity index (χ1n) is 5.26. The van der Waals surface area contributed by atoms with E-state index >= 15 is 0 Å². The summed E-state index contributed by atoms with van der Waals surface area (Å²) in [5.74, 6) is -0.0361. The Morgan fingerprint density at radius 3 is 2.61 bits per heavy atom. The lowest BCUT2D eigenvalue weighted by Crippen LogP contribution is -2.15. The summed E-state index contributed by atoms with van der Waals surface area (Å²) < 4.78 is 50.3. The summed E-state index contributed by atoms with van der Waals surface area (Å²) in [6, 6.07) is 5.43. The van der Waals surface area contributed by atoms with Crippen LogP contribution in [0.4, 0.5) is 8.78 Å². The summed E-state index contributed by atoms with van der Waals surface area (Å²) in [4.78, 5) is 0. The van der Waals surface area contributed by atoms with Gasteiger partial charge in [-0.15, -0.1) is 0 Å². The molecule has 0 spiro atoms. The molecule has 1 aromatic carbocycles. The average molecular weight is 279 g/mol. The average Bonchev–Trinajstić information content (AvgIpc) is 2.24. The van der Waals surface area contributed by atoms with Crippen LogP contribution in [0.3, 0.4) is 0 Å². The van der Waals surface area contributed by atoms with Crippen LogP contribution in [-0.2, 0) is 9.84 Å². The van der Waals surface area contributed by atoms with Crippen LogP contribution < -0.4 is 10.5 Å². The predicted octanol–water partition coefficient (Wildman–Crippen LogP) is 1.72. The molecule has 0 aromatic heterocycles. The highest BCUT2D eigenvalue weighted by atomic mass is 32.2. The van der Waals surface area contributed by atoms with Crippen molar-refractivity contribution in [2.75, 3.05) is 12.0 Å². The number of sulfone groups is 1. The second-order valence-corrected chi connectivity index (χ2v) is 6.24. The molecule has 1 aromatic rings. The fraction of sp³-hybridized carbons (Fsp3) is 0.455. The van der Waals surface area contributed by atoms with Crippen molar-refractivity contribution in [2.24, 2.45) is 5.73 Å². The first-order valence-corrected chi connectivity index (χ1v) is 7.32. The minimum Gasteiger partial charge on any atom is -0.435 e. The van der Waals surface area contributed by atoms with Gasteiger partial charge in [0, 0.05) is 12.3 Å². The molecule has 0 radical (unpaired) electrons. The Balaban J connectivity index is 2.70. The second-order valence-electron chi connectivity index (χ2n) is 3.98. The third kappa shape index (κ3) is 5.42. The number of rotatable bonds is 6. The molecule has 0 amide bonds. The number of hydrogen-bond acceptors (Lipinski definition) is 4. The monoisotopic (exact) mass is 279 g/mol. The lowest BCUT2D eigenvalue weighted by Gasteiger charge is -2.13. The van der Waals surface area contributed by atoms with Crippen molar-refractivity contribution in [1.29, 1.82) is 0 Å². The Labute approximate surface area is 105 Å². The van der Waals surface area contributed by atoms with Crippen LogP contribution in [0.1, 0.15) is 18.0 Å². The molecular weight excluding hydrogens is 264 g/mol. The summed E-state index contributed by atoms with van der Waals surface area (Å²) in [6.07, 6.45) is 1.35. The number of benzene rings is 1. The van der Waals surface area contributed by atoms with Gasteiger partial charge in [-0.05, 0) is 24.1 Å². The molecule has 0 saturated heterocycles. The molecular formula is C11H15F2NO3S. The van der Waals surface area contributed by atoms with Crippen LogP contribution in [0.2, 0.25) is 0 Å². The van der Waals surface area contributed by atoms with Crippen molar-refractivity contribution in [1.82, 2.24) is 0 Å². The van der Waals surface area contributed by atoms with Gasteiger partial charge in [0.25, 0.3) is 0 Å². The highest BCUT2D eigenvalue weighted by Gasteiger charge is 2.12. The first kappa shape index (κ1) is 14.8. The van der Waals surface area contributed by atoms with E-state index in [-0.39, 0.29) is 17.9 Å². The Kier molecular flexibility index (Phi) is 5.03. The van der Waals surface area contributed by atoms with E-state index in [1.807, 2.05) is 0 Å². The Hall–Kier alpha value is -1.21. The molecule has 0 aliphatic heterocycles. The molecule has 0 fully saturated rings. The lowest BCUT2D eigenvalue weighted by atomic mass is 10.1. The second kappa shape index (κ2) is 6.10. The van der Waals surface area contributed by atoms with Gasteiger partial charge < -0.3 is 10.5 Å². The van der Waals surface area contributed by atoms with Gasteiger partial charge in [0.15, 0.2) is 0 Å². The molecule has 102 valence electrons. The van der Waals surface area contributed by atoms with Crippen LogP contribution in [0.15, 0.2) is 24.3 Å². The van der Waals surface area contributed by atoms with Crippen LogP contribution in [-0.4, -0.2) is 27.0 Å². The summed E-state index contributed by atoms with van der Waals surface area (Å²) in [7, 11) is -3.09. The largest absolute Gasteiger partial charge is 0.435 e. The van der Waals surface area contributed by atoms with Gasteiger partial charge in [-0.3, -0.25) is 0 Å². The maximum Gasteiger partial charge on any atom is 0.387 e. The number of alkyl halides is 2. The molecule has 0 saturated carbocycles. The van der Waals surface area contributed by atoms with E-state index in [9.17, 15) is 17.2 Å². The van der Waals surface area contributed by atoms with E-state index in [2.05, 4.69) is 4.74 Å². The van der Waals surface area contributed by atoms with Crippen LogP contribution in [0, 0.1) is 0 Å². The zero-order valence-electron chi connectivity index (χ0n) is 9.84. The fourth-order valence-electron chi connectivity index (χ4n) is 1.43. The standard InChI is InChI=1S/C11H15F2NO3S/c1-18(15,16)6-5-10(14)8-3-2-4-9(7-8)17-11(12)13/h2-4,7,10-11H,5-6,14H2,1H3. The van der Waals surface area contributed by atoms with E-state index < -0.39 is 22.5 Å². The van der Waals surface area contributed by atoms with E-state index in [0.29, 0.717) is 5.56 Å². The maximum atomic E-state index is 12.0. The van der Waals surface area contributed by atoms with Crippen LogP contribution in [0.25, 0.3) is 0 Å². The highest BCUT2D eigenvalue weighted by molar-refractivity contribution is 7.90. The van der Waals surface area contributed by atoms with Crippen molar-refractivity contribution in [3.05, 3.63) is 29.8 Å². The smallest absolute Gasteiger partial charge is 0.387 e. The van der Waals surface area contributed by atoms with E-state index in [4.69, 9.17) is 5.73 Å². The van der Waals surface area contributed by atoms with E-state index in [1.54, 1.807) is 6.07 Å². The molecule has 1 atom stereocenters. The Bertz CT molecular complexity index is 491. The third-order valence-electron chi connectivity index (χ3n) is 2.31. The van der Waals surface area contributed by atoms with Crippen molar-refractivity contribution >= 4 is 9.84 Å². The van der Waals surface area contributed by atoms with Gasteiger partial charge in [-0.2, -0.15) is 8.78 Å². The van der Waals surface area contributed by atoms with Gasteiger partial charge >= 0.3 is 6.61 Å². The fourth-order valence-corrected chi connectivity index (χ4v) is 2.11. The Morgan fingerprint density at radius 2 is 2.06 bits per heavy atom. The quantitative estimate of drug-likeness (QED) is 0.861. The molecule has 0 bridgehead atoms. The summed E-state index contributed by atoms with van der Waals surface area (Å²) in [5.41, 5.74) is 6.36. The minimum atomic E-state index is -3.09. The van der Waals surface area contributed by atoms with Crippen molar-refractivity contribution in [3.63, 3.8) is 0 Å². The molecule has 0 aliphatic carbocycles. The summed E-state index contributed by atoms with van der Waals surface area (Å²) in [5, 5.41) is 0.